The maximum atomic E-state index is 13.1. The molecule has 22 heavy (non-hydrogen) atoms. The van der Waals surface area contributed by atoms with E-state index in [0.29, 0.717) is 6.61 Å². The smallest absolute Gasteiger partial charge is 0.154 e. The molecule has 1 aliphatic rings. The van der Waals surface area contributed by atoms with Crippen LogP contribution in [0.1, 0.15) is 25.3 Å². The second kappa shape index (κ2) is 6.22. The van der Waals surface area contributed by atoms with Gasteiger partial charge in [0.1, 0.15) is 5.82 Å². The molecule has 1 aromatic rings. The normalized spacial score (nSPS) is 27.6. The fourth-order valence-electron chi connectivity index (χ4n) is 3.06. The Balaban J connectivity index is 2.48. The van der Waals surface area contributed by atoms with E-state index in [1.54, 1.807) is 19.1 Å². The number of ether oxygens (including phenoxy) is 1. The molecule has 4 nitrogen and oxygen atoms in total. The van der Waals surface area contributed by atoms with Gasteiger partial charge in [0.15, 0.2) is 9.84 Å². The van der Waals surface area contributed by atoms with E-state index in [-0.39, 0.29) is 29.1 Å². The van der Waals surface area contributed by atoms with Crippen molar-refractivity contribution in [2.24, 2.45) is 11.1 Å². The Kier molecular flexibility index (Phi) is 4.89. The van der Waals surface area contributed by atoms with Crippen molar-refractivity contribution in [3.63, 3.8) is 0 Å². The molecule has 0 unspecified atom stereocenters. The lowest BCUT2D eigenvalue weighted by molar-refractivity contribution is 0.121. The summed E-state index contributed by atoms with van der Waals surface area (Å²) in [7, 11) is -3.36. The van der Waals surface area contributed by atoms with Gasteiger partial charge in [0, 0.05) is 18.3 Å². The second-order valence-electron chi connectivity index (χ2n) is 5.44. The van der Waals surface area contributed by atoms with Crippen LogP contribution >= 0.6 is 12.2 Å². The van der Waals surface area contributed by atoms with E-state index in [1.807, 2.05) is 6.92 Å². The molecule has 7 heteroatoms. The summed E-state index contributed by atoms with van der Waals surface area (Å²) in [6, 6.07) is 5.80. The van der Waals surface area contributed by atoms with Crippen molar-refractivity contribution in [1.29, 1.82) is 0 Å². The lowest BCUT2D eigenvalue weighted by Gasteiger charge is -2.16. The average Bonchev–Trinajstić information content (AvgIpc) is 3.17. The quantitative estimate of drug-likeness (QED) is 0.766. The third-order valence-electron chi connectivity index (χ3n) is 4.28. The number of benzene rings is 1. The maximum Gasteiger partial charge on any atom is 0.154 e. The van der Waals surface area contributed by atoms with E-state index in [2.05, 4.69) is 0 Å². The number of nitrogens with two attached hydrogens (primary N) is 1. The molecular formula is C15H20FNO3S2. The number of hydrogen-bond acceptors (Lipinski definition) is 4. The highest BCUT2D eigenvalue weighted by Crippen LogP contribution is 2.63. The number of sulfone groups is 1. The molecule has 0 aromatic heterocycles. The predicted octanol–water partition coefficient (Wildman–Crippen LogP) is 2.04. The van der Waals surface area contributed by atoms with Crippen LogP contribution in [0.3, 0.4) is 0 Å². The van der Waals surface area contributed by atoms with Gasteiger partial charge in [-0.05, 0) is 24.6 Å². The minimum atomic E-state index is -3.36. The summed E-state index contributed by atoms with van der Waals surface area (Å²) < 4.78 is 43.5. The molecule has 0 bridgehead atoms. The molecule has 1 aliphatic carbocycles. The van der Waals surface area contributed by atoms with Gasteiger partial charge >= 0.3 is 0 Å². The molecule has 2 rings (SSSR count). The first kappa shape index (κ1) is 17.3. The van der Waals surface area contributed by atoms with Gasteiger partial charge in [-0.1, -0.05) is 31.3 Å². The summed E-state index contributed by atoms with van der Waals surface area (Å²) in [4.78, 5) is 0.136. The van der Waals surface area contributed by atoms with Gasteiger partial charge in [0.25, 0.3) is 0 Å². The first-order valence-corrected chi connectivity index (χ1v) is 9.28. The first-order valence-electron chi connectivity index (χ1n) is 7.16. The monoisotopic (exact) mass is 345 g/mol. The zero-order valence-corrected chi connectivity index (χ0v) is 14.2. The van der Waals surface area contributed by atoms with Crippen molar-refractivity contribution in [1.82, 2.24) is 0 Å². The molecule has 0 heterocycles. The topological polar surface area (TPSA) is 69.4 Å². The van der Waals surface area contributed by atoms with Crippen LogP contribution in [0, 0.1) is 11.2 Å². The van der Waals surface area contributed by atoms with Gasteiger partial charge in [0.05, 0.1) is 22.3 Å². The Morgan fingerprint density at radius 3 is 2.41 bits per heavy atom. The highest BCUT2D eigenvalue weighted by molar-refractivity contribution is 7.92. The molecule has 2 N–H and O–H groups in total. The Morgan fingerprint density at radius 2 is 1.95 bits per heavy atom. The van der Waals surface area contributed by atoms with Crippen LogP contribution in [-0.2, 0) is 14.6 Å². The summed E-state index contributed by atoms with van der Waals surface area (Å²) in [5, 5.41) is -0.709. The van der Waals surface area contributed by atoms with Crippen molar-refractivity contribution < 1.29 is 17.5 Å². The van der Waals surface area contributed by atoms with E-state index in [0.717, 1.165) is 5.56 Å². The van der Waals surface area contributed by atoms with Gasteiger partial charge in [-0.15, -0.1) is 0 Å². The highest BCUT2D eigenvalue weighted by Gasteiger charge is 2.72. The van der Waals surface area contributed by atoms with Gasteiger partial charge in [-0.3, -0.25) is 0 Å². The van der Waals surface area contributed by atoms with Crippen LogP contribution in [0.15, 0.2) is 24.3 Å². The molecule has 122 valence electrons. The summed E-state index contributed by atoms with van der Waals surface area (Å²) in [5.41, 5.74) is 5.70. The van der Waals surface area contributed by atoms with E-state index in [9.17, 15) is 12.8 Å². The molecule has 0 amide bonds. The van der Waals surface area contributed by atoms with Crippen molar-refractivity contribution in [2.45, 2.75) is 25.0 Å². The lowest BCUT2D eigenvalue weighted by Crippen LogP contribution is -2.34. The van der Waals surface area contributed by atoms with Gasteiger partial charge in [-0.2, -0.15) is 0 Å². The van der Waals surface area contributed by atoms with Crippen LogP contribution in [0.5, 0.6) is 0 Å². The van der Waals surface area contributed by atoms with E-state index in [4.69, 9.17) is 22.7 Å². The molecule has 1 fully saturated rings. The number of hydrogen-bond donors (Lipinski definition) is 1. The standard InChI is InChI=1S/C15H20FNO3S2/c1-3-20-9-15(14(17)21)12(13(15)22(18,19)4-2)10-5-7-11(16)8-6-10/h5-8,12-13H,3-4,9H2,1-2H3,(H2,17,21)/t12-,13+,15-/m0/s1. The minimum absolute atomic E-state index is 0.00580. The predicted molar refractivity (Wildman–Crippen MR) is 88.1 cm³/mol. The zero-order chi connectivity index (χ0) is 16.5. The number of halogens is 1. The Bertz CT molecular complexity index is 660. The number of rotatable bonds is 7. The molecule has 0 aliphatic heterocycles. The maximum absolute atomic E-state index is 13.1. The molecule has 1 saturated carbocycles. The van der Waals surface area contributed by atoms with Crippen LogP contribution in [-0.4, -0.2) is 37.6 Å². The molecule has 3 atom stereocenters. The van der Waals surface area contributed by atoms with E-state index >= 15 is 0 Å². The van der Waals surface area contributed by atoms with Crippen molar-refractivity contribution in [3.05, 3.63) is 35.6 Å². The Labute approximate surface area is 135 Å². The zero-order valence-electron chi connectivity index (χ0n) is 12.6. The lowest BCUT2D eigenvalue weighted by atomic mass is 10.00. The Morgan fingerprint density at radius 1 is 1.36 bits per heavy atom. The molecule has 1 aromatic carbocycles. The average molecular weight is 345 g/mol. The summed E-state index contributed by atoms with van der Waals surface area (Å²) in [6.45, 7) is 4.02. The minimum Gasteiger partial charge on any atom is -0.393 e. The molecule has 0 saturated heterocycles. The molecule has 0 spiro atoms. The van der Waals surface area contributed by atoms with Gasteiger partial charge in [-0.25, -0.2) is 12.8 Å². The largest absolute Gasteiger partial charge is 0.393 e. The molecule has 0 radical (unpaired) electrons. The third-order valence-corrected chi connectivity index (χ3v) is 6.93. The summed E-state index contributed by atoms with van der Waals surface area (Å²) >= 11 is 5.16. The van der Waals surface area contributed by atoms with Gasteiger partial charge in [0.2, 0.25) is 0 Å². The first-order chi connectivity index (χ1) is 10.3. The van der Waals surface area contributed by atoms with Crippen molar-refractivity contribution in [3.8, 4) is 0 Å². The fourth-order valence-corrected chi connectivity index (χ4v) is 5.53. The van der Waals surface area contributed by atoms with Crippen molar-refractivity contribution in [2.75, 3.05) is 19.0 Å². The SMILES string of the molecule is CCOC[C@@]1(C(N)=S)[C@H](S(=O)(=O)CC)[C@@H]1c1ccc(F)cc1. The van der Waals surface area contributed by atoms with E-state index in [1.165, 1.54) is 12.1 Å². The van der Waals surface area contributed by atoms with Crippen molar-refractivity contribution >= 4 is 27.0 Å². The van der Waals surface area contributed by atoms with Crippen LogP contribution in [0.2, 0.25) is 0 Å². The molecular weight excluding hydrogens is 325 g/mol. The third kappa shape index (κ3) is 2.77. The second-order valence-corrected chi connectivity index (χ2v) is 8.29. The number of thiocarbonyl (C=S) groups is 1. The van der Waals surface area contributed by atoms with Gasteiger partial charge < -0.3 is 10.5 Å². The summed E-state index contributed by atoms with van der Waals surface area (Å²) in [6.07, 6.45) is 0. The van der Waals surface area contributed by atoms with Crippen LogP contribution in [0.4, 0.5) is 4.39 Å². The Hall–Kier alpha value is -1.05. The van der Waals surface area contributed by atoms with E-state index < -0.39 is 20.5 Å². The summed E-state index contributed by atoms with van der Waals surface area (Å²) in [5.74, 6) is -0.751. The fraction of sp³-hybridized carbons (Fsp3) is 0.533. The van der Waals surface area contributed by atoms with Crippen LogP contribution < -0.4 is 5.73 Å². The van der Waals surface area contributed by atoms with Crippen LogP contribution in [0.25, 0.3) is 0 Å². The highest BCUT2D eigenvalue weighted by atomic mass is 32.2.